The molecule has 0 amide bonds. The van der Waals surface area contributed by atoms with Gasteiger partial charge in [0.05, 0.1) is 24.9 Å². The van der Waals surface area contributed by atoms with Gasteiger partial charge in [-0.25, -0.2) is 9.78 Å². The van der Waals surface area contributed by atoms with Crippen LogP contribution in [0.3, 0.4) is 0 Å². The molecule has 1 unspecified atom stereocenters. The Morgan fingerprint density at radius 1 is 1.41 bits per heavy atom. The van der Waals surface area contributed by atoms with Crippen molar-refractivity contribution in [1.82, 2.24) is 29.4 Å². The van der Waals surface area contributed by atoms with Crippen LogP contribution in [-0.2, 0) is 16.6 Å². The molecule has 4 rings (SSSR count). The van der Waals surface area contributed by atoms with E-state index in [0.717, 1.165) is 0 Å². The zero-order chi connectivity index (χ0) is 19.0. The van der Waals surface area contributed by atoms with Crippen molar-refractivity contribution in [2.24, 2.45) is 7.05 Å². The Bertz CT molecular complexity index is 1100. The smallest absolute Gasteiger partial charge is 0.331 e. The van der Waals surface area contributed by atoms with Crippen LogP contribution >= 0.6 is 0 Å². The van der Waals surface area contributed by atoms with Crippen molar-refractivity contribution in [3.05, 3.63) is 24.6 Å². The highest BCUT2D eigenvalue weighted by molar-refractivity contribution is 5.90. The maximum atomic E-state index is 12.0. The Morgan fingerprint density at radius 3 is 2.96 bits per heavy atom. The summed E-state index contributed by atoms with van der Waals surface area (Å²) in [4.78, 5) is 21.0. The first-order chi connectivity index (χ1) is 13.1. The van der Waals surface area contributed by atoms with E-state index in [9.17, 15) is 9.90 Å². The van der Waals surface area contributed by atoms with Crippen LogP contribution in [0.2, 0.25) is 0 Å². The van der Waals surface area contributed by atoms with E-state index in [-0.39, 0.29) is 12.6 Å². The number of rotatable bonds is 6. The lowest BCUT2D eigenvalue weighted by Gasteiger charge is -2.15. The maximum absolute atomic E-state index is 12.0. The molecule has 11 heteroatoms. The number of fused-ring (bicyclic) bond motifs is 3. The van der Waals surface area contributed by atoms with Crippen LogP contribution < -0.4 is 5.32 Å². The lowest BCUT2D eigenvalue weighted by molar-refractivity contribution is -0.144. The van der Waals surface area contributed by atoms with Crippen molar-refractivity contribution < 1.29 is 19.1 Å². The summed E-state index contributed by atoms with van der Waals surface area (Å²) in [5, 5.41) is 21.8. The molecule has 0 bridgehead atoms. The zero-order valence-corrected chi connectivity index (χ0v) is 14.7. The molecule has 27 heavy (non-hydrogen) atoms. The Kier molecular flexibility index (Phi) is 4.20. The van der Waals surface area contributed by atoms with Gasteiger partial charge in [0, 0.05) is 13.2 Å². The number of esters is 1. The Labute approximate surface area is 152 Å². The SMILES string of the molecule is CCOC(=O)C(CO)Nc1nc2nn(C)cc2c2nc(-c3ccco3)nn12. The van der Waals surface area contributed by atoms with E-state index in [4.69, 9.17) is 9.15 Å². The average Bonchev–Trinajstić information content (AvgIpc) is 3.37. The third-order valence-electron chi connectivity index (χ3n) is 3.87. The summed E-state index contributed by atoms with van der Waals surface area (Å²) in [6, 6.07) is 2.48. The zero-order valence-electron chi connectivity index (χ0n) is 14.7. The van der Waals surface area contributed by atoms with E-state index < -0.39 is 18.6 Å². The summed E-state index contributed by atoms with van der Waals surface area (Å²) in [5.41, 5.74) is 0.911. The van der Waals surface area contributed by atoms with Crippen LogP contribution in [0.25, 0.3) is 28.3 Å². The molecule has 140 valence electrons. The number of hydrogen-bond acceptors (Lipinski definition) is 9. The van der Waals surface area contributed by atoms with E-state index >= 15 is 0 Å². The lowest BCUT2D eigenvalue weighted by atomic mass is 10.3. The van der Waals surface area contributed by atoms with Crippen molar-refractivity contribution in [3.63, 3.8) is 0 Å². The molecule has 11 nitrogen and oxygen atoms in total. The molecule has 2 N–H and O–H groups in total. The van der Waals surface area contributed by atoms with Gasteiger partial charge in [0.25, 0.3) is 0 Å². The molecule has 4 heterocycles. The fraction of sp³-hybridized carbons (Fsp3) is 0.312. The normalized spacial score (nSPS) is 12.6. The van der Waals surface area contributed by atoms with Gasteiger partial charge in [-0.15, -0.1) is 5.10 Å². The molecule has 0 aliphatic rings. The predicted molar refractivity (Wildman–Crippen MR) is 93.9 cm³/mol. The quantitative estimate of drug-likeness (QED) is 0.468. The number of aromatic nitrogens is 6. The number of hydrogen-bond donors (Lipinski definition) is 2. The average molecular weight is 371 g/mol. The standard InChI is InChI=1S/C16H17N7O4/c1-3-26-15(25)10(8-24)17-16-19-12-9(7-22(2)20-12)14-18-13(21-23(14)16)11-5-4-6-27-11/h4-7,10,24H,3,8H2,1-2H3,(H,17,19,20). The van der Waals surface area contributed by atoms with E-state index in [0.29, 0.717) is 28.3 Å². The first kappa shape index (κ1) is 17.0. The fourth-order valence-electron chi connectivity index (χ4n) is 2.68. The van der Waals surface area contributed by atoms with Gasteiger partial charge in [0.2, 0.25) is 11.8 Å². The first-order valence-corrected chi connectivity index (χ1v) is 8.28. The fourth-order valence-corrected chi connectivity index (χ4v) is 2.68. The third-order valence-corrected chi connectivity index (χ3v) is 3.87. The summed E-state index contributed by atoms with van der Waals surface area (Å²) < 4.78 is 13.4. The number of carbonyl (C=O) groups is 1. The van der Waals surface area contributed by atoms with Crippen molar-refractivity contribution in [3.8, 4) is 11.6 Å². The summed E-state index contributed by atoms with van der Waals surface area (Å²) in [7, 11) is 1.77. The molecular weight excluding hydrogens is 354 g/mol. The monoisotopic (exact) mass is 371 g/mol. The van der Waals surface area contributed by atoms with Crippen LogP contribution in [0.5, 0.6) is 0 Å². The van der Waals surface area contributed by atoms with Gasteiger partial charge in [-0.2, -0.15) is 14.6 Å². The number of carbonyl (C=O) groups excluding carboxylic acids is 1. The van der Waals surface area contributed by atoms with Gasteiger partial charge < -0.3 is 19.6 Å². The van der Waals surface area contributed by atoms with E-state index in [1.165, 1.54) is 10.8 Å². The number of ether oxygens (including phenoxy) is 1. The predicted octanol–water partition coefficient (Wildman–Crippen LogP) is 0.607. The third kappa shape index (κ3) is 2.97. The minimum Gasteiger partial charge on any atom is -0.464 e. The number of nitrogens with one attached hydrogen (secondary N) is 1. The molecule has 0 aliphatic heterocycles. The van der Waals surface area contributed by atoms with Crippen LogP contribution in [0.4, 0.5) is 5.95 Å². The van der Waals surface area contributed by atoms with Crippen LogP contribution in [0.1, 0.15) is 6.92 Å². The maximum Gasteiger partial charge on any atom is 0.331 e. The summed E-state index contributed by atoms with van der Waals surface area (Å²) in [5.74, 6) is 0.458. The number of aliphatic hydroxyl groups excluding tert-OH is 1. The van der Waals surface area contributed by atoms with Gasteiger partial charge in [0.15, 0.2) is 23.1 Å². The molecule has 1 atom stereocenters. The number of aliphatic hydroxyl groups is 1. The topological polar surface area (TPSA) is 133 Å². The van der Waals surface area contributed by atoms with E-state index in [2.05, 4.69) is 25.5 Å². The number of furan rings is 1. The van der Waals surface area contributed by atoms with Gasteiger partial charge >= 0.3 is 5.97 Å². The summed E-state index contributed by atoms with van der Waals surface area (Å²) >= 11 is 0. The molecule has 0 saturated heterocycles. The molecule has 0 spiro atoms. The molecule has 0 radical (unpaired) electrons. The number of aryl methyl sites for hydroxylation is 1. The highest BCUT2D eigenvalue weighted by atomic mass is 16.5. The largest absolute Gasteiger partial charge is 0.464 e. The highest BCUT2D eigenvalue weighted by Crippen LogP contribution is 2.24. The molecule has 0 aromatic carbocycles. The minimum atomic E-state index is -1.00. The molecule has 0 saturated carbocycles. The van der Waals surface area contributed by atoms with Gasteiger partial charge in [0.1, 0.15) is 0 Å². The second-order valence-electron chi connectivity index (χ2n) is 5.76. The minimum absolute atomic E-state index is 0.199. The Morgan fingerprint density at radius 2 is 2.26 bits per heavy atom. The van der Waals surface area contributed by atoms with E-state index in [1.54, 1.807) is 37.0 Å². The van der Waals surface area contributed by atoms with Gasteiger partial charge in [-0.05, 0) is 19.1 Å². The van der Waals surface area contributed by atoms with Crippen LogP contribution in [0.15, 0.2) is 29.0 Å². The van der Waals surface area contributed by atoms with Crippen molar-refractivity contribution >= 4 is 28.6 Å². The molecule has 4 aromatic heterocycles. The Balaban J connectivity index is 1.86. The molecule has 0 aliphatic carbocycles. The van der Waals surface area contributed by atoms with Gasteiger partial charge in [-0.1, -0.05) is 0 Å². The molecule has 0 fully saturated rings. The van der Waals surface area contributed by atoms with Crippen molar-refractivity contribution in [1.29, 1.82) is 0 Å². The second-order valence-corrected chi connectivity index (χ2v) is 5.76. The summed E-state index contributed by atoms with van der Waals surface area (Å²) in [6.45, 7) is 1.42. The lowest BCUT2D eigenvalue weighted by Crippen LogP contribution is -2.35. The Hall–Kier alpha value is -3.47. The highest BCUT2D eigenvalue weighted by Gasteiger charge is 2.23. The van der Waals surface area contributed by atoms with Crippen molar-refractivity contribution in [2.75, 3.05) is 18.5 Å². The number of anilines is 1. The number of nitrogens with zero attached hydrogens (tertiary/aromatic N) is 6. The molecule has 4 aromatic rings. The summed E-state index contributed by atoms with van der Waals surface area (Å²) in [6.07, 6.45) is 3.30. The van der Waals surface area contributed by atoms with Crippen LogP contribution in [0, 0.1) is 0 Å². The van der Waals surface area contributed by atoms with E-state index in [1.807, 2.05) is 0 Å². The molecular formula is C16H17N7O4. The van der Waals surface area contributed by atoms with Crippen molar-refractivity contribution in [2.45, 2.75) is 13.0 Å². The van der Waals surface area contributed by atoms with Crippen LogP contribution in [-0.4, -0.2) is 59.7 Å². The van der Waals surface area contributed by atoms with Gasteiger partial charge in [-0.3, -0.25) is 4.68 Å². The second kappa shape index (κ2) is 6.68. The first-order valence-electron chi connectivity index (χ1n) is 8.28.